The molecule has 1 aromatic heterocycles. The predicted octanol–water partition coefficient (Wildman–Crippen LogP) is 1.60. The van der Waals surface area contributed by atoms with Gasteiger partial charge in [-0.05, 0) is 11.1 Å². The first-order chi connectivity index (χ1) is 5.38. The van der Waals surface area contributed by atoms with Crippen LogP contribution < -0.4 is 0 Å². The van der Waals surface area contributed by atoms with Crippen LogP contribution in [0.25, 0.3) is 0 Å². The molecule has 1 rings (SSSR count). The first kappa shape index (κ1) is 8.20. The Balaban J connectivity index is 2.76. The Morgan fingerprint density at radius 2 is 2.55 bits per heavy atom. The summed E-state index contributed by atoms with van der Waals surface area (Å²) in [6.45, 7) is 0.617. The van der Waals surface area contributed by atoms with E-state index in [1.807, 2.05) is 6.08 Å². The molecule has 0 aliphatic heterocycles. The zero-order valence-electron chi connectivity index (χ0n) is 5.77. The van der Waals surface area contributed by atoms with Gasteiger partial charge in [-0.1, -0.05) is 22.0 Å². The standard InChI is InChI=1S/C7H7BrN2O/c8-3-1-5-10-7(6-11)2-4-9-10/h1-4,6H,5H2. The van der Waals surface area contributed by atoms with Crippen molar-refractivity contribution in [2.24, 2.45) is 0 Å². The minimum atomic E-state index is 0.593. The smallest absolute Gasteiger partial charge is 0.168 e. The van der Waals surface area contributed by atoms with Crippen LogP contribution in [0.5, 0.6) is 0 Å². The van der Waals surface area contributed by atoms with Crippen molar-refractivity contribution in [1.29, 1.82) is 0 Å². The van der Waals surface area contributed by atoms with Gasteiger partial charge >= 0.3 is 0 Å². The molecule has 0 unspecified atom stereocenters. The number of carbonyl (C=O) groups is 1. The highest BCUT2D eigenvalue weighted by Crippen LogP contribution is 1.95. The maximum Gasteiger partial charge on any atom is 0.168 e. The molecule has 0 radical (unpaired) electrons. The van der Waals surface area contributed by atoms with Gasteiger partial charge in [0.1, 0.15) is 5.69 Å². The SMILES string of the molecule is O=Cc1ccnn1CC=CBr. The third kappa shape index (κ3) is 2.01. The molecule has 0 N–H and O–H groups in total. The third-order valence-corrected chi connectivity index (χ3v) is 1.61. The number of allylic oxidation sites excluding steroid dienone is 1. The first-order valence-corrected chi connectivity index (χ1v) is 4.02. The van der Waals surface area contributed by atoms with Crippen LogP contribution in [0.1, 0.15) is 10.5 Å². The second-order valence-electron chi connectivity index (χ2n) is 1.92. The van der Waals surface area contributed by atoms with E-state index >= 15 is 0 Å². The van der Waals surface area contributed by atoms with E-state index in [-0.39, 0.29) is 0 Å². The molecule has 0 saturated heterocycles. The van der Waals surface area contributed by atoms with Gasteiger partial charge in [0.05, 0.1) is 6.54 Å². The molecule has 0 spiro atoms. The van der Waals surface area contributed by atoms with E-state index in [0.29, 0.717) is 12.2 Å². The van der Waals surface area contributed by atoms with Gasteiger partial charge in [0.15, 0.2) is 6.29 Å². The lowest BCUT2D eigenvalue weighted by Gasteiger charge is -1.95. The summed E-state index contributed by atoms with van der Waals surface area (Å²) < 4.78 is 1.62. The maximum atomic E-state index is 10.4. The van der Waals surface area contributed by atoms with Gasteiger partial charge in [0.2, 0.25) is 0 Å². The zero-order valence-corrected chi connectivity index (χ0v) is 7.36. The summed E-state index contributed by atoms with van der Waals surface area (Å²) in [7, 11) is 0. The molecular weight excluding hydrogens is 208 g/mol. The topological polar surface area (TPSA) is 34.9 Å². The van der Waals surface area contributed by atoms with Gasteiger partial charge < -0.3 is 0 Å². The molecule has 58 valence electrons. The molecule has 0 atom stereocenters. The monoisotopic (exact) mass is 214 g/mol. The highest BCUT2D eigenvalue weighted by Gasteiger charge is 1.96. The molecule has 3 nitrogen and oxygen atoms in total. The zero-order chi connectivity index (χ0) is 8.10. The fraction of sp³-hybridized carbons (Fsp3) is 0.143. The molecule has 1 heterocycles. The van der Waals surface area contributed by atoms with Crippen molar-refractivity contribution in [3.05, 3.63) is 29.0 Å². The van der Waals surface area contributed by atoms with Crippen molar-refractivity contribution in [2.75, 3.05) is 0 Å². The van der Waals surface area contributed by atoms with Crippen LogP contribution in [-0.2, 0) is 6.54 Å². The van der Waals surface area contributed by atoms with Gasteiger partial charge in [0, 0.05) is 6.20 Å². The average Bonchev–Trinajstić information content (AvgIpc) is 2.47. The van der Waals surface area contributed by atoms with E-state index in [9.17, 15) is 4.79 Å². The normalized spacial score (nSPS) is 10.6. The second-order valence-corrected chi connectivity index (χ2v) is 2.45. The van der Waals surface area contributed by atoms with Crippen LogP contribution in [0.15, 0.2) is 23.3 Å². The maximum absolute atomic E-state index is 10.4. The lowest BCUT2D eigenvalue weighted by atomic mass is 10.4. The number of aromatic nitrogens is 2. The Hall–Kier alpha value is -0.900. The van der Waals surface area contributed by atoms with Crippen LogP contribution in [0.3, 0.4) is 0 Å². The van der Waals surface area contributed by atoms with Crippen molar-refractivity contribution in [3.8, 4) is 0 Å². The van der Waals surface area contributed by atoms with E-state index in [1.54, 1.807) is 21.9 Å². The molecule has 0 aliphatic rings. The molecular formula is C7H7BrN2O. The molecule has 11 heavy (non-hydrogen) atoms. The van der Waals surface area contributed by atoms with Crippen molar-refractivity contribution >= 4 is 22.2 Å². The Morgan fingerprint density at radius 3 is 3.18 bits per heavy atom. The summed E-state index contributed by atoms with van der Waals surface area (Å²) in [5.41, 5.74) is 0.593. The van der Waals surface area contributed by atoms with Crippen molar-refractivity contribution < 1.29 is 4.79 Å². The van der Waals surface area contributed by atoms with Gasteiger partial charge in [-0.3, -0.25) is 9.48 Å². The molecule has 0 aliphatic carbocycles. The number of carbonyl (C=O) groups excluding carboxylic acids is 1. The summed E-state index contributed by atoms with van der Waals surface area (Å²) >= 11 is 3.13. The van der Waals surface area contributed by atoms with E-state index in [2.05, 4.69) is 21.0 Å². The quantitative estimate of drug-likeness (QED) is 0.717. The number of hydrogen-bond donors (Lipinski definition) is 0. The number of hydrogen-bond acceptors (Lipinski definition) is 2. The lowest BCUT2D eigenvalue weighted by Crippen LogP contribution is -2.01. The van der Waals surface area contributed by atoms with Crippen molar-refractivity contribution in [3.63, 3.8) is 0 Å². The minimum Gasteiger partial charge on any atom is -0.296 e. The third-order valence-electron chi connectivity index (χ3n) is 1.24. The summed E-state index contributed by atoms with van der Waals surface area (Å²) in [6.07, 6.45) is 4.25. The Morgan fingerprint density at radius 1 is 1.73 bits per heavy atom. The van der Waals surface area contributed by atoms with Crippen molar-refractivity contribution in [1.82, 2.24) is 9.78 Å². The van der Waals surface area contributed by atoms with Crippen LogP contribution in [-0.4, -0.2) is 16.1 Å². The molecule has 0 aromatic carbocycles. The number of aldehydes is 1. The van der Waals surface area contributed by atoms with Gasteiger partial charge in [-0.25, -0.2) is 0 Å². The number of halogens is 1. The summed E-state index contributed by atoms with van der Waals surface area (Å²) in [4.78, 5) is 12.1. The highest BCUT2D eigenvalue weighted by atomic mass is 79.9. The van der Waals surface area contributed by atoms with E-state index in [0.717, 1.165) is 6.29 Å². The van der Waals surface area contributed by atoms with Crippen LogP contribution in [0.2, 0.25) is 0 Å². The molecule has 0 fully saturated rings. The van der Waals surface area contributed by atoms with E-state index in [4.69, 9.17) is 0 Å². The number of nitrogens with zero attached hydrogens (tertiary/aromatic N) is 2. The van der Waals surface area contributed by atoms with Gasteiger partial charge in [-0.2, -0.15) is 5.10 Å². The van der Waals surface area contributed by atoms with E-state index < -0.39 is 0 Å². The Labute approximate surface area is 72.8 Å². The van der Waals surface area contributed by atoms with Crippen LogP contribution >= 0.6 is 15.9 Å². The highest BCUT2D eigenvalue weighted by molar-refractivity contribution is 9.11. The van der Waals surface area contributed by atoms with Crippen LogP contribution in [0.4, 0.5) is 0 Å². The largest absolute Gasteiger partial charge is 0.296 e. The summed E-state index contributed by atoms with van der Waals surface area (Å²) in [5, 5.41) is 3.94. The van der Waals surface area contributed by atoms with Gasteiger partial charge in [-0.15, -0.1) is 0 Å². The lowest BCUT2D eigenvalue weighted by molar-refractivity contribution is 0.111. The van der Waals surface area contributed by atoms with E-state index in [1.165, 1.54) is 0 Å². The fourth-order valence-electron chi connectivity index (χ4n) is 0.735. The summed E-state index contributed by atoms with van der Waals surface area (Å²) in [5.74, 6) is 0. The molecule has 0 amide bonds. The van der Waals surface area contributed by atoms with Crippen LogP contribution in [0, 0.1) is 0 Å². The predicted molar refractivity (Wildman–Crippen MR) is 45.7 cm³/mol. The molecule has 0 saturated carbocycles. The fourth-order valence-corrected chi connectivity index (χ4v) is 0.902. The van der Waals surface area contributed by atoms with Crippen molar-refractivity contribution in [2.45, 2.75) is 6.54 Å². The minimum absolute atomic E-state index is 0.593. The molecule has 0 bridgehead atoms. The Bertz CT molecular complexity index is 267. The molecule has 1 aromatic rings. The number of rotatable bonds is 3. The first-order valence-electron chi connectivity index (χ1n) is 3.10. The molecule has 4 heteroatoms. The van der Waals surface area contributed by atoms with Gasteiger partial charge in [0.25, 0.3) is 0 Å². The summed E-state index contributed by atoms with van der Waals surface area (Å²) in [6, 6.07) is 1.68. The average molecular weight is 215 g/mol. The second kappa shape index (κ2) is 4.08. The Kier molecular flexibility index (Phi) is 3.04.